The van der Waals surface area contributed by atoms with Crippen LogP contribution in [0.2, 0.25) is 0 Å². The van der Waals surface area contributed by atoms with E-state index in [0.29, 0.717) is 5.11 Å². The van der Waals surface area contributed by atoms with Gasteiger partial charge in [0.1, 0.15) is 13.1 Å². The Bertz CT molecular complexity index is 593. The van der Waals surface area contributed by atoms with Crippen LogP contribution in [-0.4, -0.2) is 61.4 Å². The second-order valence-corrected chi connectivity index (χ2v) is 6.72. The van der Waals surface area contributed by atoms with Crippen LogP contribution in [0.3, 0.4) is 0 Å². The predicted octanol–water partition coefficient (Wildman–Crippen LogP) is 0.767. The van der Waals surface area contributed by atoms with Gasteiger partial charge in [-0.3, -0.25) is 10.1 Å². The monoisotopic (exact) mass is 367 g/mol. The van der Waals surface area contributed by atoms with Gasteiger partial charge in [0.15, 0.2) is 5.11 Å². The number of thiocarbonyl (C=S) groups is 1. The Balaban J connectivity index is 1.78. The van der Waals surface area contributed by atoms with E-state index in [1.165, 1.54) is 6.07 Å². The summed E-state index contributed by atoms with van der Waals surface area (Å²) in [6.07, 6.45) is 1.05. The maximum Gasteiger partial charge on any atom is 0.269 e. The maximum atomic E-state index is 10.9. The minimum atomic E-state index is -0.374. The number of hydrogen-bond acceptors (Lipinski definition) is 4. The lowest BCUT2D eigenvalue weighted by Gasteiger charge is -2.28. The molecule has 1 aliphatic heterocycles. The van der Waals surface area contributed by atoms with Crippen LogP contribution in [0.1, 0.15) is 24.9 Å². The molecule has 1 fully saturated rings. The Labute approximate surface area is 154 Å². The number of rotatable bonds is 7. The van der Waals surface area contributed by atoms with Crippen molar-refractivity contribution in [1.82, 2.24) is 10.2 Å². The highest BCUT2D eigenvalue weighted by Gasteiger charge is 2.17. The van der Waals surface area contributed by atoms with Gasteiger partial charge in [0.25, 0.3) is 5.69 Å². The van der Waals surface area contributed by atoms with E-state index >= 15 is 0 Å². The molecule has 1 saturated heterocycles. The number of nitrogens with one attached hydrogen (secondary N) is 2. The molecule has 1 aromatic rings. The number of benzene rings is 1. The number of nitro groups is 1. The summed E-state index contributed by atoms with van der Waals surface area (Å²) in [6, 6.07) is 6.66. The molecule has 0 amide bonds. The first-order valence-electron chi connectivity index (χ1n) is 8.65. The van der Waals surface area contributed by atoms with Crippen molar-refractivity contribution in [2.75, 3.05) is 46.4 Å². The fourth-order valence-corrected chi connectivity index (χ4v) is 3.13. The predicted molar refractivity (Wildman–Crippen MR) is 101 cm³/mol. The fourth-order valence-electron chi connectivity index (χ4n) is 2.87. The van der Waals surface area contributed by atoms with Crippen LogP contribution in [-0.2, 0) is 4.74 Å². The summed E-state index contributed by atoms with van der Waals surface area (Å²) in [4.78, 5) is 14.1. The van der Waals surface area contributed by atoms with Crippen molar-refractivity contribution in [2.24, 2.45) is 0 Å². The molecular formula is C17H27N4O3S+. The fraction of sp³-hybridized carbons (Fsp3) is 0.588. The zero-order valence-electron chi connectivity index (χ0n) is 14.9. The van der Waals surface area contributed by atoms with Gasteiger partial charge in [0.2, 0.25) is 0 Å². The molecule has 25 heavy (non-hydrogen) atoms. The van der Waals surface area contributed by atoms with Crippen LogP contribution < -0.4 is 10.2 Å². The lowest BCUT2D eigenvalue weighted by Crippen LogP contribution is -3.14. The summed E-state index contributed by atoms with van der Waals surface area (Å²) < 4.78 is 5.36. The second kappa shape index (κ2) is 9.65. The molecule has 1 heterocycles. The zero-order chi connectivity index (χ0) is 18.2. The third-order valence-corrected chi connectivity index (χ3v) is 5.08. The Morgan fingerprint density at radius 3 is 2.88 bits per heavy atom. The molecule has 138 valence electrons. The number of ether oxygens (including phenoxy) is 1. The molecule has 0 radical (unpaired) electrons. The Morgan fingerprint density at radius 1 is 1.48 bits per heavy atom. The van der Waals surface area contributed by atoms with Gasteiger partial charge in [-0.1, -0.05) is 12.1 Å². The third-order valence-electron chi connectivity index (χ3n) is 4.65. The molecule has 7 nitrogen and oxygen atoms in total. The Hall–Kier alpha value is -1.77. The molecule has 8 heteroatoms. The molecule has 0 bridgehead atoms. The van der Waals surface area contributed by atoms with Gasteiger partial charge in [0.05, 0.1) is 30.7 Å². The van der Waals surface area contributed by atoms with Crippen molar-refractivity contribution in [3.8, 4) is 0 Å². The molecule has 0 aliphatic carbocycles. The summed E-state index contributed by atoms with van der Waals surface area (Å²) in [7, 11) is 1.91. The number of quaternary nitrogens is 1. The zero-order valence-corrected chi connectivity index (χ0v) is 15.7. The molecule has 0 saturated carbocycles. The van der Waals surface area contributed by atoms with Crippen molar-refractivity contribution < 1.29 is 14.6 Å². The minimum Gasteiger partial charge on any atom is -0.370 e. The first kappa shape index (κ1) is 19.6. The maximum absolute atomic E-state index is 10.9. The van der Waals surface area contributed by atoms with Crippen molar-refractivity contribution in [2.45, 2.75) is 19.4 Å². The van der Waals surface area contributed by atoms with Crippen molar-refractivity contribution >= 4 is 23.0 Å². The normalized spacial score (nSPS) is 16.2. The van der Waals surface area contributed by atoms with Gasteiger partial charge in [-0.05, 0) is 24.7 Å². The first-order chi connectivity index (χ1) is 12.0. The topological polar surface area (TPSA) is 72.1 Å². The van der Waals surface area contributed by atoms with Crippen LogP contribution in [0.25, 0.3) is 0 Å². The highest BCUT2D eigenvalue weighted by Crippen LogP contribution is 2.22. The van der Waals surface area contributed by atoms with E-state index in [0.717, 1.165) is 51.4 Å². The largest absolute Gasteiger partial charge is 0.370 e. The van der Waals surface area contributed by atoms with Gasteiger partial charge < -0.3 is 19.9 Å². The van der Waals surface area contributed by atoms with Crippen LogP contribution in [0, 0.1) is 10.1 Å². The van der Waals surface area contributed by atoms with Gasteiger partial charge in [-0.15, -0.1) is 0 Å². The van der Waals surface area contributed by atoms with Gasteiger partial charge in [0, 0.05) is 32.1 Å². The number of hydrogen-bond donors (Lipinski definition) is 2. The molecule has 2 N–H and O–H groups in total. The second-order valence-electron chi connectivity index (χ2n) is 6.34. The summed E-state index contributed by atoms with van der Waals surface area (Å²) in [6.45, 7) is 7.79. The van der Waals surface area contributed by atoms with Crippen LogP contribution >= 0.6 is 12.2 Å². The molecule has 0 aromatic heterocycles. The SMILES string of the molecule is C[C@@H](c1cccc([N+](=O)[O-])c1)N(C)C(=S)NCCC[NH+]1CCOCC1. The molecule has 1 atom stereocenters. The smallest absolute Gasteiger partial charge is 0.269 e. The summed E-state index contributed by atoms with van der Waals surface area (Å²) >= 11 is 5.46. The molecule has 2 rings (SSSR count). The van der Waals surface area contributed by atoms with E-state index in [2.05, 4.69) is 5.32 Å². The Kier molecular flexibility index (Phi) is 7.54. The number of non-ortho nitro benzene ring substituents is 1. The molecule has 1 aliphatic rings. The van der Waals surface area contributed by atoms with Crippen molar-refractivity contribution in [1.29, 1.82) is 0 Å². The highest BCUT2D eigenvalue weighted by atomic mass is 32.1. The quantitative estimate of drug-likeness (QED) is 0.321. The molecule has 0 unspecified atom stereocenters. The highest BCUT2D eigenvalue weighted by molar-refractivity contribution is 7.80. The number of morpholine rings is 1. The average Bonchev–Trinajstić information content (AvgIpc) is 2.64. The van der Waals surface area contributed by atoms with Crippen LogP contribution in [0.15, 0.2) is 24.3 Å². The van der Waals surface area contributed by atoms with E-state index in [9.17, 15) is 10.1 Å². The van der Waals surface area contributed by atoms with E-state index in [-0.39, 0.29) is 16.7 Å². The standard InChI is InChI=1S/C17H26N4O3S/c1-14(15-5-3-6-16(13-15)21(22)23)19(2)17(25)18-7-4-8-20-9-11-24-12-10-20/h3,5-6,13-14H,4,7-12H2,1-2H3,(H,18,25)/p+1/t14-/m0/s1. The number of nitrogens with zero attached hydrogens (tertiary/aromatic N) is 2. The van der Waals surface area contributed by atoms with Gasteiger partial charge >= 0.3 is 0 Å². The summed E-state index contributed by atoms with van der Waals surface area (Å²) in [5.41, 5.74) is 0.976. The molecule has 1 aromatic carbocycles. The van der Waals surface area contributed by atoms with E-state index < -0.39 is 0 Å². The minimum absolute atomic E-state index is 0.0373. The summed E-state index contributed by atoms with van der Waals surface area (Å²) in [5, 5.41) is 14.9. The van der Waals surface area contributed by atoms with Gasteiger partial charge in [-0.2, -0.15) is 0 Å². The average molecular weight is 367 g/mol. The summed E-state index contributed by atoms with van der Waals surface area (Å²) in [5.74, 6) is 0. The van der Waals surface area contributed by atoms with Gasteiger partial charge in [-0.25, -0.2) is 0 Å². The lowest BCUT2D eigenvalue weighted by molar-refractivity contribution is -0.908. The van der Waals surface area contributed by atoms with Crippen LogP contribution in [0.5, 0.6) is 0 Å². The van der Waals surface area contributed by atoms with Crippen LogP contribution in [0.4, 0.5) is 5.69 Å². The molecule has 0 spiro atoms. The van der Waals surface area contributed by atoms with E-state index in [1.54, 1.807) is 17.0 Å². The third kappa shape index (κ3) is 5.91. The first-order valence-corrected chi connectivity index (χ1v) is 9.06. The Morgan fingerprint density at radius 2 is 2.20 bits per heavy atom. The number of nitro benzene ring substituents is 1. The lowest BCUT2D eigenvalue weighted by atomic mass is 10.1. The van der Waals surface area contributed by atoms with Crippen molar-refractivity contribution in [3.63, 3.8) is 0 Å². The molecular weight excluding hydrogens is 340 g/mol. The van der Waals surface area contributed by atoms with E-state index in [1.807, 2.05) is 24.9 Å². The van der Waals surface area contributed by atoms with Crippen molar-refractivity contribution in [3.05, 3.63) is 39.9 Å². The van der Waals surface area contributed by atoms with E-state index in [4.69, 9.17) is 17.0 Å².